The third kappa shape index (κ3) is 3.62. The third-order valence-electron chi connectivity index (χ3n) is 3.29. The fourth-order valence-corrected chi connectivity index (χ4v) is 2.18. The Balaban J connectivity index is 1.89. The fourth-order valence-electron chi connectivity index (χ4n) is 2.18. The van der Waals surface area contributed by atoms with Crippen LogP contribution in [0.4, 0.5) is 4.39 Å². The van der Waals surface area contributed by atoms with Crippen LogP contribution < -0.4 is 10.3 Å². The molecule has 0 spiro atoms. The van der Waals surface area contributed by atoms with Gasteiger partial charge in [-0.25, -0.2) is 19.0 Å². The fraction of sp³-hybridized carbons (Fsp3) is 0.176. The molecular formula is C17H15FN4O2. The molecule has 0 aliphatic heterocycles. The van der Waals surface area contributed by atoms with Crippen molar-refractivity contribution in [1.29, 1.82) is 0 Å². The van der Waals surface area contributed by atoms with Crippen LogP contribution in [-0.4, -0.2) is 26.4 Å². The van der Waals surface area contributed by atoms with E-state index in [1.807, 2.05) is 6.92 Å². The van der Waals surface area contributed by atoms with Crippen molar-refractivity contribution >= 4 is 0 Å². The van der Waals surface area contributed by atoms with Crippen LogP contribution in [0.3, 0.4) is 0 Å². The Labute approximate surface area is 137 Å². The summed E-state index contributed by atoms with van der Waals surface area (Å²) in [6.07, 6.45) is 3.16. The molecule has 0 N–H and O–H groups in total. The molecule has 6 nitrogen and oxygen atoms in total. The highest BCUT2D eigenvalue weighted by Gasteiger charge is 2.06. The summed E-state index contributed by atoms with van der Waals surface area (Å²) in [5.41, 5.74) is 1.60. The summed E-state index contributed by atoms with van der Waals surface area (Å²) in [5, 5.41) is 4.30. The van der Waals surface area contributed by atoms with Gasteiger partial charge >= 0.3 is 6.01 Å². The van der Waals surface area contributed by atoms with E-state index in [2.05, 4.69) is 15.1 Å². The minimum Gasteiger partial charge on any atom is -0.464 e. The van der Waals surface area contributed by atoms with Gasteiger partial charge in [0.15, 0.2) is 0 Å². The quantitative estimate of drug-likeness (QED) is 0.719. The van der Waals surface area contributed by atoms with Gasteiger partial charge in [-0.05, 0) is 30.7 Å². The molecule has 0 bridgehead atoms. The lowest BCUT2D eigenvalue weighted by atomic mass is 10.2. The van der Waals surface area contributed by atoms with Crippen LogP contribution in [0.2, 0.25) is 0 Å². The minimum atomic E-state index is -0.350. The molecule has 2 aromatic heterocycles. The van der Waals surface area contributed by atoms with Crippen LogP contribution >= 0.6 is 0 Å². The first-order valence-corrected chi connectivity index (χ1v) is 7.43. The molecule has 0 amide bonds. The monoisotopic (exact) mass is 326 g/mol. The highest BCUT2D eigenvalue weighted by atomic mass is 19.1. The Bertz CT molecular complexity index is 894. The summed E-state index contributed by atoms with van der Waals surface area (Å²) in [6.45, 7) is 2.51. The Morgan fingerprint density at radius 3 is 2.67 bits per heavy atom. The number of halogens is 1. The highest BCUT2D eigenvalue weighted by molar-refractivity contribution is 5.55. The largest absolute Gasteiger partial charge is 0.464 e. The molecule has 0 unspecified atom stereocenters. The smallest absolute Gasteiger partial charge is 0.316 e. The number of aromatic nitrogens is 4. The van der Waals surface area contributed by atoms with Crippen molar-refractivity contribution in [3.8, 4) is 17.3 Å². The molecule has 0 atom stereocenters. The van der Waals surface area contributed by atoms with Gasteiger partial charge in [0.25, 0.3) is 5.56 Å². The van der Waals surface area contributed by atoms with Crippen LogP contribution in [0.5, 0.6) is 6.01 Å². The second-order valence-corrected chi connectivity index (χ2v) is 5.03. The summed E-state index contributed by atoms with van der Waals surface area (Å²) >= 11 is 0. The minimum absolute atomic E-state index is 0.183. The van der Waals surface area contributed by atoms with Gasteiger partial charge in [0.2, 0.25) is 0 Å². The summed E-state index contributed by atoms with van der Waals surface area (Å²) in [4.78, 5) is 20.2. The van der Waals surface area contributed by atoms with Crippen molar-refractivity contribution in [1.82, 2.24) is 19.7 Å². The van der Waals surface area contributed by atoms with E-state index in [9.17, 15) is 9.18 Å². The molecule has 1 aromatic carbocycles. The molecule has 0 saturated carbocycles. The lowest BCUT2D eigenvalue weighted by Crippen LogP contribution is -2.22. The second kappa shape index (κ2) is 6.99. The summed E-state index contributed by atoms with van der Waals surface area (Å²) in [7, 11) is 0. The highest BCUT2D eigenvalue weighted by Crippen LogP contribution is 2.15. The van der Waals surface area contributed by atoms with Gasteiger partial charge in [-0.3, -0.25) is 4.79 Å². The molecule has 24 heavy (non-hydrogen) atoms. The Morgan fingerprint density at radius 1 is 1.17 bits per heavy atom. The van der Waals surface area contributed by atoms with E-state index in [-0.39, 0.29) is 23.9 Å². The SMILES string of the molecule is CCOc1ncc(-c2ccc(=O)n(Cc3cccc(F)c3)n2)cn1. The van der Waals surface area contributed by atoms with Gasteiger partial charge in [0.1, 0.15) is 5.82 Å². The maximum absolute atomic E-state index is 13.3. The van der Waals surface area contributed by atoms with E-state index in [4.69, 9.17) is 4.74 Å². The zero-order chi connectivity index (χ0) is 16.9. The average molecular weight is 326 g/mol. The van der Waals surface area contributed by atoms with Gasteiger partial charge in [-0.1, -0.05) is 12.1 Å². The first kappa shape index (κ1) is 15.8. The molecular weight excluding hydrogens is 311 g/mol. The summed E-state index contributed by atoms with van der Waals surface area (Å²) in [5.74, 6) is -0.350. The topological polar surface area (TPSA) is 69.9 Å². The molecule has 0 saturated heterocycles. The molecule has 7 heteroatoms. The van der Waals surface area contributed by atoms with Crippen molar-refractivity contribution in [2.45, 2.75) is 13.5 Å². The van der Waals surface area contributed by atoms with E-state index in [0.717, 1.165) is 0 Å². The van der Waals surface area contributed by atoms with E-state index in [0.29, 0.717) is 23.4 Å². The molecule has 0 aliphatic rings. The van der Waals surface area contributed by atoms with Gasteiger partial charge in [-0.15, -0.1) is 0 Å². The van der Waals surface area contributed by atoms with Crippen LogP contribution in [0.15, 0.2) is 53.6 Å². The number of nitrogens with zero attached hydrogens (tertiary/aromatic N) is 4. The Hall–Kier alpha value is -3.09. The molecule has 3 rings (SSSR count). The maximum atomic E-state index is 13.3. The van der Waals surface area contributed by atoms with Crippen molar-refractivity contribution in [3.05, 3.63) is 70.5 Å². The van der Waals surface area contributed by atoms with Crippen LogP contribution in [0.1, 0.15) is 12.5 Å². The number of ether oxygens (including phenoxy) is 1. The lowest BCUT2D eigenvalue weighted by Gasteiger charge is -2.07. The standard InChI is InChI=1S/C17H15FN4O2/c1-2-24-17-19-9-13(10-20-17)15-6-7-16(23)22(21-15)11-12-4-3-5-14(18)8-12/h3-10H,2,11H2,1H3. The predicted octanol–water partition coefficient (Wildman–Crippen LogP) is 2.29. The summed E-state index contributed by atoms with van der Waals surface area (Å²) < 4.78 is 19.8. The Kier molecular flexibility index (Phi) is 4.60. The van der Waals surface area contributed by atoms with Crippen LogP contribution in [0.25, 0.3) is 11.3 Å². The number of benzene rings is 1. The third-order valence-corrected chi connectivity index (χ3v) is 3.29. The average Bonchev–Trinajstić information content (AvgIpc) is 2.58. The molecule has 2 heterocycles. The predicted molar refractivity (Wildman–Crippen MR) is 86.2 cm³/mol. The number of rotatable bonds is 5. The molecule has 3 aromatic rings. The van der Waals surface area contributed by atoms with E-state index < -0.39 is 0 Å². The van der Waals surface area contributed by atoms with Gasteiger partial charge < -0.3 is 4.74 Å². The Morgan fingerprint density at radius 2 is 1.96 bits per heavy atom. The second-order valence-electron chi connectivity index (χ2n) is 5.03. The van der Waals surface area contributed by atoms with Crippen LogP contribution in [0, 0.1) is 5.82 Å². The van der Waals surface area contributed by atoms with Gasteiger partial charge in [0, 0.05) is 24.0 Å². The van der Waals surface area contributed by atoms with Crippen molar-refractivity contribution in [3.63, 3.8) is 0 Å². The van der Waals surface area contributed by atoms with Gasteiger partial charge in [-0.2, -0.15) is 5.10 Å². The summed E-state index contributed by atoms with van der Waals surface area (Å²) in [6, 6.07) is 9.37. The van der Waals surface area contributed by atoms with Crippen molar-refractivity contribution in [2.24, 2.45) is 0 Å². The van der Waals surface area contributed by atoms with E-state index >= 15 is 0 Å². The molecule has 0 aliphatic carbocycles. The van der Waals surface area contributed by atoms with Crippen molar-refractivity contribution in [2.75, 3.05) is 6.61 Å². The zero-order valence-electron chi connectivity index (χ0n) is 13.0. The molecule has 0 radical (unpaired) electrons. The lowest BCUT2D eigenvalue weighted by molar-refractivity contribution is 0.312. The molecule has 122 valence electrons. The van der Waals surface area contributed by atoms with Gasteiger partial charge in [0.05, 0.1) is 18.8 Å². The normalized spacial score (nSPS) is 10.6. The maximum Gasteiger partial charge on any atom is 0.316 e. The number of hydrogen-bond acceptors (Lipinski definition) is 5. The molecule has 0 fully saturated rings. The first-order chi connectivity index (χ1) is 11.7. The van der Waals surface area contributed by atoms with E-state index in [1.165, 1.54) is 22.9 Å². The van der Waals surface area contributed by atoms with Crippen molar-refractivity contribution < 1.29 is 9.13 Å². The van der Waals surface area contributed by atoms with Crippen LogP contribution in [-0.2, 0) is 6.54 Å². The number of hydrogen-bond donors (Lipinski definition) is 0. The van der Waals surface area contributed by atoms with E-state index in [1.54, 1.807) is 30.6 Å². The first-order valence-electron chi connectivity index (χ1n) is 7.43. The zero-order valence-corrected chi connectivity index (χ0v) is 13.0.